The molecule has 0 aliphatic rings. The second-order valence-corrected chi connectivity index (χ2v) is 5.86. The molecule has 6 heteroatoms. The van der Waals surface area contributed by atoms with Gasteiger partial charge in [-0.1, -0.05) is 6.92 Å². The maximum Gasteiger partial charge on any atom is 0.159 e. The van der Waals surface area contributed by atoms with Gasteiger partial charge < -0.3 is 9.88 Å². The van der Waals surface area contributed by atoms with Crippen LogP contribution < -0.4 is 5.32 Å². The van der Waals surface area contributed by atoms with Gasteiger partial charge in [0.1, 0.15) is 5.82 Å². The first-order valence-corrected chi connectivity index (χ1v) is 8.20. The summed E-state index contributed by atoms with van der Waals surface area (Å²) in [7, 11) is 0. The van der Waals surface area contributed by atoms with E-state index in [2.05, 4.69) is 45.0 Å². The molecular formula is C17H24N6. The molecule has 0 radical (unpaired) electrons. The van der Waals surface area contributed by atoms with Gasteiger partial charge in [-0.3, -0.25) is 0 Å². The second kappa shape index (κ2) is 6.91. The third kappa shape index (κ3) is 3.42. The molecule has 0 atom stereocenters. The van der Waals surface area contributed by atoms with E-state index < -0.39 is 0 Å². The molecule has 0 spiro atoms. The van der Waals surface area contributed by atoms with Crippen molar-refractivity contribution in [1.29, 1.82) is 0 Å². The quantitative estimate of drug-likeness (QED) is 0.680. The van der Waals surface area contributed by atoms with Crippen LogP contribution in [0.2, 0.25) is 0 Å². The summed E-state index contributed by atoms with van der Waals surface area (Å²) in [5.41, 5.74) is 4.25. The normalized spacial score (nSPS) is 11.4. The zero-order chi connectivity index (χ0) is 16.2. The van der Waals surface area contributed by atoms with Gasteiger partial charge in [0, 0.05) is 48.9 Å². The molecular weight excluding hydrogens is 288 g/mol. The average Bonchev–Trinajstić information content (AvgIpc) is 3.14. The van der Waals surface area contributed by atoms with Crippen LogP contribution in [0.5, 0.6) is 0 Å². The maximum absolute atomic E-state index is 4.61. The highest BCUT2D eigenvalue weighted by Crippen LogP contribution is 2.11. The Kier molecular flexibility index (Phi) is 4.71. The summed E-state index contributed by atoms with van der Waals surface area (Å²) >= 11 is 0. The Hall–Kier alpha value is -2.21. The van der Waals surface area contributed by atoms with Gasteiger partial charge in [-0.25, -0.2) is 14.5 Å². The number of hydrogen-bond donors (Lipinski definition) is 1. The predicted molar refractivity (Wildman–Crippen MR) is 90.4 cm³/mol. The van der Waals surface area contributed by atoms with Gasteiger partial charge in [-0.2, -0.15) is 5.10 Å². The molecule has 1 N–H and O–H groups in total. The fraction of sp³-hybridized carbons (Fsp3) is 0.471. The number of aryl methyl sites for hydroxylation is 4. The average molecular weight is 312 g/mol. The SMILES string of the molecule is CCc1nccn1CCCNCc1cnn2c(C)cc(C)nc12. The van der Waals surface area contributed by atoms with Crippen molar-refractivity contribution in [3.63, 3.8) is 0 Å². The fourth-order valence-corrected chi connectivity index (χ4v) is 2.90. The molecule has 0 saturated heterocycles. The summed E-state index contributed by atoms with van der Waals surface area (Å²) < 4.78 is 4.13. The Morgan fingerprint density at radius 2 is 2.13 bits per heavy atom. The molecule has 3 aromatic rings. The Balaban J connectivity index is 1.53. The summed E-state index contributed by atoms with van der Waals surface area (Å²) in [6.45, 7) is 8.98. The number of hydrogen-bond acceptors (Lipinski definition) is 4. The highest BCUT2D eigenvalue weighted by Gasteiger charge is 2.07. The largest absolute Gasteiger partial charge is 0.335 e. The number of imidazole rings is 1. The monoisotopic (exact) mass is 312 g/mol. The summed E-state index contributed by atoms with van der Waals surface area (Å²) in [5, 5.41) is 7.92. The van der Waals surface area contributed by atoms with Crippen LogP contribution in [0.25, 0.3) is 5.65 Å². The lowest BCUT2D eigenvalue weighted by molar-refractivity contribution is 0.567. The van der Waals surface area contributed by atoms with E-state index in [-0.39, 0.29) is 0 Å². The Morgan fingerprint density at radius 1 is 1.26 bits per heavy atom. The third-order valence-corrected chi connectivity index (χ3v) is 4.04. The molecule has 0 aliphatic carbocycles. The van der Waals surface area contributed by atoms with Crippen LogP contribution in [-0.2, 0) is 19.5 Å². The van der Waals surface area contributed by atoms with E-state index in [0.29, 0.717) is 0 Å². The number of nitrogens with one attached hydrogen (secondary N) is 1. The smallest absolute Gasteiger partial charge is 0.159 e. The minimum atomic E-state index is 0.796. The summed E-state index contributed by atoms with van der Waals surface area (Å²) in [5.74, 6) is 1.16. The van der Waals surface area contributed by atoms with Gasteiger partial charge in [0.2, 0.25) is 0 Å². The molecule has 0 aliphatic heterocycles. The topological polar surface area (TPSA) is 60.0 Å². The molecule has 0 bridgehead atoms. The standard InChI is InChI=1S/C17H24N6/c1-4-16-19-7-9-22(16)8-5-6-18-11-15-12-20-23-14(3)10-13(2)21-17(15)23/h7,9-10,12,18H,4-6,8,11H2,1-3H3. The Bertz CT molecular complexity index is 786. The van der Waals surface area contributed by atoms with Gasteiger partial charge >= 0.3 is 0 Å². The van der Waals surface area contributed by atoms with E-state index in [9.17, 15) is 0 Å². The van der Waals surface area contributed by atoms with Crippen LogP contribution in [0, 0.1) is 13.8 Å². The van der Waals surface area contributed by atoms with E-state index in [0.717, 1.165) is 60.9 Å². The van der Waals surface area contributed by atoms with Gasteiger partial charge in [0.25, 0.3) is 0 Å². The van der Waals surface area contributed by atoms with Gasteiger partial charge in [-0.05, 0) is 32.9 Å². The van der Waals surface area contributed by atoms with Crippen molar-refractivity contribution in [2.75, 3.05) is 6.54 Å². The molecule has 0 amide bonds. The number of nitrogens with zero attached hydrogens (tertiary/aromatic N) is 5. The molecule has 0 aromatic carbocycles. The predicted octanol–water partition coefficient (Wildman–Crippen LogP) is 2.28. The summed E-state index contributed by atoms with van der Waals surface area (Å²) in [6.07, 6.45) is 7.90. The van der Waals surface area contributed by atoms with E-state index >= 15 is 0 Å². The zero-order valence-corrected chi connectivity index (χ0v) is 14.1. The van der Waals surface area contributed by atoms with E-state index in [1.807, 2.05) is 29.9 Å². The van der Waals surface area contributed by atoms with E-state index in [4.69, 9.17) is 0 Å². The summed E-state index contributed by atoms with van der Waals surface area (Å²) in [6, 6.07) is 2.05. The van der Waals surface area contributed by atoms with Crippen molar-refractivity contribution >= 4 is 5.65 Å². The van der Waals surface area contributed by atoms with Gasteiger partial charge in [0.15, 0.2) is 5.65 Å². The molecule has 3 heterocycles. The molecule has 122 valence electrons. The first kappa shape index (κ1) is 15.7. The lowest BCUT2D eigenvalue weighted by Crippen LogP contribution is -2.17. The van der Waals surface area contributed by atoms with Crippen LogP contribution in [0.3, 0.4) is 0 Å². The first-order valence-electron chi connectivity index (χ1n) is 8.20. The lowest BCUT2D eigenvalue weighted by atomic mass is 10.3. The third-order valence-electron chi connectivity index (χ3n) is 4.04. The fourth-order valence-electron chi connectivity index (χ4n) is 2.90. The van der Waals surface area contributed by atoms with E-state index in [1.165, 1.54) is 0 Å². The number of aromatic nitrogens is 5. The van der Waals surface area contributed by atoms with Crippen molar-refractivity contribution in [2.45, 2.75) is 46.7 Å². The molecule has 0 saturated carbocycles. The number of rotatable bonds is 7. The molecule has 23 heavy (non-hydrogen) atoms. The molecule has 6 nitrogen and oxygen atoms in total. The Labute approximate surface area is 136 Å². The van der Waals surface area contributed by atoms with Crippen LogP contribution in [0.4, 0.5) is 0 Å². The van der Waals surface area contributed by atoms with Crippen LogP contribution >= 0.6 is 0 Å². The minimum absolute atomic E-state index is 0.796. The highest BCUT2D eigenvalue weighted by atomic mass is 15.3. The number of fused-ring (bicyclic) bond motifs is 1. The maximum atomic E-state index is 4.61. The molecule has 3 rings (SSSR count). The van der Waals surface area contributed by atoms with Crippen LogP contribution in [-0.4, -0.2) is 30.7 Å². The molecule has 3 aromatic heterocycles. The van der Waals surface area contributed by atoms with Gasteiger partial charge in [0.05, 0.1) is 6.20 Å². The van der Waals surface area contributed by atoms with Crippen molar-refractivity contribution in [3.05, 3.63) is 47.4 Å². The zero-order valence-electron chi connectivity index (χ0n) is 14.1. The minimum Gasteiger partial charge on any atom is -0.335 e. The Morgan fingerprint density at radius 3 is 2.96 bits per heavy atom. The van der Waals surface area contributed by atoms with Crippen LogP contribution in [0.1, 0.15) is 36.1 Å². The molecule has 0 fully saturated rings. The van der Waals surface area contributed by atoms with Crippen LogP contribution in [0.15, 0.2) is 24.7 Å². The van der Waals surface area contributed by atoms with Crippen molar-refractivity contribution in [2.24, 2.45) is 0 Å². The van der Waals surface area contributed by atoms with Gasteiger partial charge in [-0.15, -0.1) is 0 Å². The highest BCUT2D eigenvalue weighted by molar-refractivity contribution is 5.47. The van der Waals surface area contributed by atoms with Crippen molar-refractivity contribution in [1.82, 2.24) is 29.5 Å². The van der Waals surface area contributed by atoms with E-state index in [1.54, 1.807) is 0 Å². The van der Waals surface area contributed by atoms with Crippen molar-refractivity contribution < 1.29 is 0 Å². The second-order valence-electron chi connectivity index (χ2n) is 5.86. The molecule has 0 unspecified atom stereocenters. The summed E-state index contributed by atoms with van der Waals surface area (Å²) in [4.78, 5) is 8.95. The lowest BCUT2D eigenvalue weighted by Gasteiger charge is -2.07. The first-order chi connectivity index (χ1) is 11.2. The van der Waals surface area contributed by atoms with Crippen molar-refractivity contribution in [3.8, 4) is 0 Å².